The number of furan rings is 1. The normalized spacial score (nSPS) is 14.5. The predicted molar refractivity (Wildman–Crippen MR) is 107 cm³/mol. The average molecular weight is 464 g/mol. The molecule has 1 aliphatic heterocycles. The van der Waals surface area contributed by atoms with Crippen LogP contribution < -0.4 is 10.1 Å². The summed E-state index contributed by atoms with van der Waals surface area (Å²) in [4.78, 5) is 58.9. The van der Waals surface area contributed by atoms with Crippen molar-refractivity contribution >= 4 is 47.2 Å². The first kappa shape index (κ1) is 22.5. The van der Waals surface area contributed by atoms with Crippen LogP contribution in [0.1, 0.15) is 28.8 Å². The maximum Gasteiger partial charge on any atom is 0.373 e. The Kier molecular flexibility index (Phi) is 6.25. The third kappa shape index (κ3) is 4.59. The molecule has 1 saturated heterocycles. The number of nitro groups is 1. The quantitative estimate of drug-likeness (QED) is 0.170. The zero-order chi connectivity index (χ0) is 23.6. The lowest BCUT2D eigenvalue weighted by molar-refractivity contribution is -0.385. The number of benzene rings is 1. The van der Waals surface area contributed by atoms with Crippen LogP contribution in [0.4, 0.5) is 10.5 Å². The fraction of sp³-hybridized carbons (Fsp3) is 0.158. The van der Waals surface area contributed by atoms with Crippen molar-refractivity contribution in [2.75, 3.05) is 7.11 Å². The fourth-order valence-electron chi connectivity index (χ4n) is 2.77. The summed E-state index contributed by atoms with van der Waals surface area (Å²) < 4.78 is 14.6. The Hall–Kier alpha value is -4.19. The molecule has 32 heavy (non-hydrogen) atoms. The first-order valence-electron chi connectivity index (χ1n) is 8.78. The molecule has 0 radical (unpaired) electrons. The first-order chi connectivity index (χ1) is 15.1. The Morgan fingerprint density at radius 2 is 2.03 bits per heavy atom. The summed E-state index contributed by atoms with van der Waals surface area (Å²) in [6, 6.07) is 4.24. The zero-order valence-electron chi connectivity index (χ0n) is 16.5. The lowest BCUT2D eigenvalue weighted by Gasteiger charge is -2.09. The zero-order valence-corrected chi connectivity index (χ0v) is 17.3. The molecule has 12 nitrogen and oxygen atoms in total. The van der Waals surface area contributed by atoms with Gasteiger partial charge in [-0.05, 0) is 29.8 Å². The van der Waals surface area contributed by atoms with Crippen LogP contribution in [0.2, 0.25) is 5.02 Å². The van der Waals surface area contributed by atoms with E-state index in [1.807, 2.05) is 0 Å². The van der Waals surface area contributed by atoms with Gasteiger partial charge in [-0.25, -0.2) is 9.59 Å². The van der Waals surface area contributed by atoms with Crippen LogP contribution in [-0.4, -0.2) is 40.8 Å². The summed E-state index contributed by atoms with van der Waals surface area (Å²) in [6.07, 6.45) is 1.18. The molecule has 2 heterocycles. The minimum absolute atomic E-state index is 0.0971. The van der Waals surface area contributed by atoms with E-state index in [2.05, 4.69) is 10.1 Å². The van der Waals surface area contributed by atoms with E-state index in [0.29, 0.717) is 0 Å². The predicted octanol–water partition coefficient (Wildman–Crippen LogP) is 2.65. The number of nitro benzene ring substituents is 1. The number of imide groups is 1. The van der Waals surface area contributed by atoms with E-state index < -0.39 is 40.2 Å². The molecule has 1 aliphatic rings. The summed E-state index contributed by atoms with van der Waals surface area (Å²) in [5, 5.41) is 13.4. The lowest BCUT2D eigenvalue weighted by atomic mass is 10.1. The van der Waals surface area contributed by atoms with Crippen molar-refractivity contribution in [2.24, 2.45) is 0 Å². The maximum atomic E-state index is 12.6. The third-order valence-electron chi connectivity index (χ3n) is 4.12. The van der Waals surface area contributed by atoms with Gasteiger partial charge < -0.3 is 19.2 Å². The van der Waals surface area contributed by atoms with E-state index in [1.54, 1.807) is 0 Å². The van der Waals surface area contributed by atoms with Gasteiger partial charge in [0.25, 0.3) is 5.91 Å². The van der Waals surface area contributed by atoms with Crippen molar-refractivity contribution in [1.82, 2.24) is 10.2 Å². The van der Waals surface area contributed by atoms with Gasteiger partial charge in [0.15, 0.2) is 0 Å². The number of halogens is 1. The second-order valence-corrected chi connectivity index (χ2v) is 6.75. The number of nitrogens with one attached hydrogen (secondary N) is 1. The second kappa shape index (κ2) is 8.89. The topological polar surface area (TPSA) is 158 Å². The number of amides is 3. The molecule has 2 aromatic rings. The molecule has 3 rings (SSSR count). The SMILES string of the molecule is COC(=O)c1ccc(CN2C(=O)N/C(=C\c3cc(Cl)c(OC(C)=O)c([N+](=O)[O-])c3)C2=O)o1. The van der Waals surface area contributed by atoms with Crippen LogP contribution in [0.15, 0.2) is 34.4 Å². The first-order valence-corrected chi connectivity index (χ1v) is 9.16. The van der Waals surface area contributed by atoms with Crippen molar-refractivity contribution in [1.29, 1.82) is 0 Å². The minimum Gasteiger partial charge on any atom is -0.463 e. The monoisotopic (exact) mass is 463 g/mol. The number of hydrogen-bond donors (Lipinski definition) is 1. The largest absolute Gasteiger partial charge is 0.463 e. The van der Waals surface area contributed by atoms with Gasteiger partial charge >= 0.3 is 23.7 Å². The maximum absolute atomic E-state index is 12.6. The van der Waals surface area contributed by atoms with Crippen LogP contribution in [0.5, 0.6) is 5.75 Å². The van der Waals surface area contributed by atoms with Gasteiger partial charge in [-0.2, -0.15) is 0 Å². The molecular weight excluding hydrogens is 450 g/mol. The van der Waals surface area contributed by atoms with E-state index in [0.717, 1.165) is 17.9 Å². The van der Waals surface area contributed by atoms with Gasteiger partial charge in [0.05, 0.1) is 23.6 Å². The molecule has 166 valence electrons. The van der Waals surface area contributed by atoms with Crippen LogP contribution in [-0.2, 0) is 20.9 Å². The molecule has 3 amide bonds. The second-order valence-electron chi connectivity index (χ2n) is 6.34. The number of hydrogen-bond acceptors (Lipinski definition) is 9. The van der Waals surface area contributed by atoms with Gasteiger partial charge in [-0.3, -0.25) is 24.6 Å². The Balaban J connectivity index is 1.87. The summed E-state index contributed by atoms with van der Waals surface area (Å²) in [6.45, 7) is 0.787. The number of ether oxygens (including phenoxy) is 2. The highest BCUT2D eigenvalue weighted by molar-refractivity contribution is 6.32. The van der Waals surface area contributed by atoms with Gasteiger partial charge in [0.1, 0.15) is 11.5 Å². The van der Waals surface area contributed by atoms with Crippen LogP contribution in [0.25, 0.3) is 6.08 Å². The van der Waals surface area contributed by atoms with E-state index in [1.165, 1.54) is 31.4 Å². The number of esters is 2. The molecule has 13 heteroatoms. The van der Waals surface area contributed by atoms with Crippen LogP contribution >= 0.6 is 11.6 Å². The van der Waals surface area contributed by atoms with E-state index >= 15 is 0 Å². The smallest absolute Gasteiger partial charge is 0.373 e. The summed E-state index contributed by atoms with van der Waals surface area (Å²) in [5.74, 6) is -2.64. The number of nitrogens with zero attached hydrogens (tertiary/aromatic N) is 2. The van der Waals surface area contributed by atoms with Crippen LogP contribution in [0.3, 0.4) is 0 Å². The molecular formula is C19H14ClN3O9. The van der Waals surface area contributed by atoms with Crippen molar-refractivity contribution in [3.05, 3.63) is 62.2 Å². The number of urea groups is 1. The molecule has 0 atom stereocenters. The number of methoxy groups -OCH3 is 1. The highest BCUT2D eigenvalue weighted by Gasteiger charge is 2.34. The third-order valence-corrected chi connectivity index (χ3v) is 4.41. The van der Waals surface area contributed by atoms with Crippen LogP contribution in [0, 0.1) is 10.1 Å². The number of carbonyl (C=O) groups is 4. The highest BCUT2D eigenvalue weighted by Crippen LogP contribution is 2.37. The fourth-order valence-corrected chi connectivity index (χ4v) is 3.04. The van der Waals surface area contributed by atoms with Crippen molar-refractivity contribution in [3.63, 3.8) is 0 Å². The van der Waals surface area contributed by atoms with Gasteiger partial charge in [-0.15, -0.1) is 0 Å². The molecule has 1 aromatic carbocycles. The summed E-state index contributed by atoms with van der Waals surface area (Å²) in [5.41, 5.74) is -0.673. The number of carbonyl (C=O) groups excluding carboxylic acids is 4. The lowest BCUT2D eigenvalue weighted by Crippen LogP contribution is -2.30. The minimum atomic E-state index is -0.803. The van der Waals surface area contributed by atoms with E-state index in [-0.39, 0.29) is 34.3 Å². The Morgan fingerprint density at radius 3 is 2.66 bits per heavy atom. The molecule has 1 N–H and O–H groups in total. The summed E-state index contributed by atoms with van der Waals surface area (Å²) in [7, 11) is 1.18. The molecule has 1 aromatic heterocycles. The Bertz CT molecular complexity index is 1180. The van der Waals surface area contributed by atoms with E-state index in [9.17, 15) is 29.3 Å². The van der Waals surface area contributed by atoms with Crippen molar-refractivity contribution in [3.8, 4) is 5.75 Å². The average Bonchev–Trinajstić information content (AvgIpc) is 3.29. The van der Waals surface area contributed by atoms with Gasteiger partial charge in [0.2, 0.25) is 11.5 Å². The van der Waals surface area contributed by atoms with Gasteiger partial charge in [-0.1, -0.05) is 11.6 Å². The molecule has 1 fully saturated rings. The van der Waals surface area contributed by atoms with Crippen molar-refractivity contribution in [2.45, 2.75) is 13.5 Å². The molecule has 0 spiro atoms. The standard InChI is InChI=1S/C19H14ClN3O9/c1-9(24)31-16-12(20)5-10(7-14(16)23(28)29)6-13-17(25)22(19(27)21-13)8-11-3-4-15(32-11)18(26)30-2/h3-7H,8H2,1-2H3,(H,21,27)/b13-6-. The Morgan fingerprint density at radius 1 is 1.31 bits per heavy atom. The number of rotatable bonds is 6. The molecule has 0 saturated carbocycles. The summed E-state index contributed by atoms with van der Waals surface area (Å²) >= 11 is 6.01. The Labute approximate surface area is 184 Å². The van der Waals surface area contributed by atoms with Crippen molar-refractivity contribution < 1.29 is 38.0 Å². The molecule has 0 bridgehead atoms. The van der Waals surface area contributed by atoms with Gasteiger partial charge in [0, 0.05) is 13.0 Å². The molecule has 0 aliphatic carbocycles. The molecule has 0 unspecified atom stereocenters. The highest BCUT2D eigenvalue weighted by atomic mass is 35.5. The van der Waals surface area contributed by atoms with E-state index in [4.69, 9.17) is 20.8 Å².